The van der Waals surface area contributed by atoms with E-state index in [4.69, 9.17) is 18.9 Å². The molecular formula is C26H28N4O4S. The number of benzene rings is 2. The lowest BCUT2D eigenvalue weighted by Crippen LogP contribution is -2.02. The van der Waals surface area contributed by atoms with Gasteiger partial charge in [-0.05, 0) is 67.4 Å². The molecule has 0 aliphatic heterocycles. The van der Waals surface area contributed by atoms with Crippen molar-refractivity contribution >= 4 is 11.8 Å². The number of methoxy groups -OCH3 is 3. The number of ether oxygens (including phenoxy) is 4. The van der Waals surface area contributed by atoms with E-state index in [1.165, 1.54) is 5.56 Å². The van der Waals surface area contributed by atoms with Gasteiger partial charge in [0.05, 0.1) is 27.9 Å². The normalized spacial score (nSPS) is 10.7. The summed E-state index contributed by atoms with van der Waals surface area (Å²) in [6, 6.07) is 15.7. The summed E-state index contributed by atoms with van der Waals surface area (Å²) in [5.41, 5.74) is 2.94. The first-order valence-corrected chi connectivity index (χ1v) is 12.2. The molecule has 0 amide bonds. The van der Waals surface area contributed by atoms with Crippen LogP contribution < -0.4 is 18.9 Å². The van der Waals surface area contributed by atoms with Gasteiger partial charge in [-0.3, -0.25) is 9.55 Å². The molecule has 0 N–H and O–H groups in total. The molecule has 35 heavy (non-hydrogen) atoms. The predicted molar refractivity (Wildman–Crippen MR) is 136 cm³/mol. The molecule has 0 saturated carbocycles. The third kappa shape index (κ3) is 5.51. The van der Waals surface area contributed by atoms with E-state index in [2.05, 4.69) is 15.2 Å². The molecule has 0 atom stereocenters. The molecule has 2 aromatic heterocycles. The fraction of sp³-hybridized carbons (Fsp3) is 0.269. The summed E-state index contributed by atoms with van der Waals surface area (Å²) in [5, 5.41) is 9.87. The Balaban J connectivity index is 1.74. The van der Waals surface area contributed by atoms with Crippen molar-refractivity contribution in [1.29, 1.82) is 0 Å². The van der Waals surface area contributed by atoms with Crippen LogP contribution in [0.3, 0.4) is 0 Å². The lowest BCUT2D eigenvalue weighted by molar-refractivity contribution is 0.324. The van der Waals surface area contributed by atoms with Crippen LogP contribution in [0.1, 0.15) is 12.5 Å². The lowest BCUT2D eigenvalue weighted by Gasteiger charge is -2.15. The number of hydrogen-bond donors (Lipinski definition) is 0. The van der Waals surface area contributed by atoms with Crippen molar-refractivity contribution in [3.05, 3.63) is 66.5 Å². The molecule has 4 aromatic rings. The Morgan fingerprint density at radius 2 is 1.54 bits per heavy atom. The third-order valence-electron chi connectivity index (χ3n) is 5.33. The average molecular weight is 493 g/mol. The van der Waals surface area contributed by atoms with Crippen molar-refractivity contribution < 1.29 is 18.9 Å². The molecular weight excluding hydrogens is 464 g/mol. The maximum atomic E-state index is 5.63. The standard InChI is InChI=1S/C26H28N4O4S/c1-5-34-21-8-6-20(7-9-21)30-25(19-16-22(31-2)24(33-4)23(17-19)32-3)28-29-26(30)35-15-12-18-10-13-27-14-11-18/h6-11,13-14,16-17H,5,12,15H2,1-4H3. The van der Waals surface area contributed by atoms with Gasteiger partial charge in [0, 0.05) is 29.4 Å². The Bertz CT molecular complexity index is 1220. The minimum atomic E-state index is 0.526. The number of aromatic nitrogens is 4. The zero-order valence-electron chi connectivity index (χ0n) is 20.2. The molecule has 2 heterocycles. The van der Waals surface area contributed by atoms with Gasteiger partial charge in [0.25, 0.3) is 0 Å². The van der Waals surface area contributed by atoms with Crippen molar-refractivity contribution in [3.8, 4) is 40.1 Å². The fourth-order valence-corrected chi connectivity index (χ4v) is 4.60. The molecule has 0 radical (unpaired) electrons. The van der Waals surface area contributed by atoms with Crippen LogP contribution in [0.25, 0.3) is 17.1 Å². The molecule has 182 valence electrons. The summed E-state index contributed by atoms with van der Waals surface area (Å²) >= 11 is 1.64. The first-order chi connectivity index (χ1) is 17.2. The Kier molecular flexibility index (Phi) is 8.10. The second-order valence-corrected chi connectivity index (χ2v) is 8.50. The van der Waals surface area contributed by atoms with Gasteiger partial charge in [-0.2, -0.15) is 0 Å². The summed E-state index contributed by atoms with van der Waals surface area (Å²) in [6.07, 6.45) is 4.51. The molecule has 0 aliphatic rings. The number of nitrogens with zero attached hydrogens (tertiary/aromatic N) is 4. The molecule has 8 nitrogen and oxygen atoms in total. The van der Waals surface area contributed by atoms with Crippen LogP contribution in [-0.2, 0) is 6.42 Å². The van der Waals surface area contributed by atoms with Crippen LogP contribution in [0.2, 0.25) is 0 Å². The first-order valence-electron chi connectivity index (χ1n) is 11.2. The summed E-state index contributed by atoms with van der Waals surface area (Å²) < 4.78 is 24.3. The number of thioether (sulfide) groups is 1. The molecule has 9 heteroatoms. The number of hydrogen-bond acceptors (Lipinski definition) is 8. The SMILES string of the molecule is CCOc1ccc(-n2c(SCCc3ccncc3)nnc2-c2cc(OC)c(OC)c(OC)c2)cc1. The van der Waals surface area contributed by atoms with E-state index in [0.29, 0.717) is 29.7 Å². The molecule has 0 spiro atoms. The van der Waals surface area contributed by atoms with E-state index in [9.17, 15) is 0 Å². The predicted octanol–water partition coefficient (Wildman–Crippen LogP) is 5.09. The van der Waals surface area contributed by atoms with Crippen LogP contribution in [0.5, 0.6) is 23.0 Å². The maximum Gasteiger partial charge on any atom is 0.203 e. The number of aryl methyl sites for hydroxylation is 1. The Hall–Kier alpha value is -3.72. The lowest BCUT2D eigenvalue weighted by atomic mass is 10.1. The summed E-state index contributed by atoms with van der Waals surface area (Å²) in [7, 11) is 4.78. The molecule has 0 bridgehead atoms. The van der Waals surface area contributed by atoms with Crippen LogP contribution in [0.4, 0.5) is 0 Å². The number of pyridine rings is 1. The van der Waals surface area contributed by atoms with Crippen molar-refractivity contribution in [2.75, 3.05) is 33.7 Å². The van der Waals surface area contributed by atoms with Gasteiger partial charge in [0.2, 0.25) is 5.75 Å². The Morgan fingerprint density at radius 1 is 0.857 bits per heavy atom. The van der Waals surface area contributed by atoms with Crippen molar-refractivity contribution in [1.82, 2.24) is 19.7 Å². The van der Waals surface area contributed by atoms with Gasteiger partial charge < -0.3 is 18.9 Å². The first kappa shape index (κ1) is 24.4. The summed E-state index contributed by atoms with van der Waals surface area (Å²) in [5.74, 6) is 3.95. The summed E-state index contributed by atoms with van der Waals surface area (Å²) in [4.78, 5) is 4.09. The van der Waals surface area contributed by atoms with E-state index in [1.807, 2.05) is 72.4 Å². The van der Waals surface area contributed by atoms with Crippen LogP contribution >= 0.6 is 11.8 Å². The Labute approximate surface area is 209 Å². The van der Waals surface area contributed by atoms with E-state index in [0.717, 1.165) is 34.3 Å². The third-order valence-corrected chi connectivity index (χ3v) is 6.26. The second-order valence-electron chi connectivity index (χ2n) is 7.44. The molecule has 4 rings (SSSR count). The Morgan fingerprint density at radius 3 is 2.14 bits per heavy atom. The zero-order valence-corrected chi connectivity index (χ0v) is 21.0. The van der Waals surface area contributed by atoms with Crippen LogP contribution in [-0.4, -0.2) is 53.4 Å². The van der Waals surface area contributed by atoms with Crippen molar-refractivity contribution in [2.45, 2.75) is 18.5 Å². The number of rotatable bonds is 11. The highest BCUT2D eigenvalue weighted by atomic mass is 32.2. The molecule has 0 aliphatic carbocycles. The van der Waals surface area contributed by atoms with Crippen LogP contribution in [0.15, 0.2) is 66.1 Å². The van der Waals surface area contributed by atoms with E-state index >= 15 is 0 Å². The van der Waals surface area contributed by atoms with Gasteiger partial charge in [-0.1, -0.05) is 11.8 Å². The second kappa shape index (κ2) is 11.6. The van der Waals surface area contributed by atoms with E-state index in [-0.39, 0.29) is 0 Å². The average Bonchev–Trinajstić information content (AvgIpc) is 3.32. The van der Waals surface area contributed by atoms with Crippen molar-refractivity contribution in [2.24, 2.45) is 0 Å². The zero-order chi connectivity index (χ0) is 24.6. The largest absolute Gasteiger partial charge is 0.494 e. The quantitative estimate of drug-likeness (QED) is 0.268. The molecule has 0 fully saturated rings. The monoisotopic (exact) mass is 492 g/mol. The molecule has 2 aromatic carbocycles. The highest BCUT2D eigenvalue weighted by molar-refractivity contribution is 7.99. The summed E-state index contributed by atoms with van der Waals surface area (Å²) in [6.45, 7) is 2.58. The highest BCUT2D eigenvalue weighted by Gasteiger charge is 2.21. The van der Waals surface area contributed by atoms with Crippen LogP contribution in [0, 0.1) is 0 Å². The fourth-order valence-electron chi connectivity index (χ4n) is 3.66. The minimum absolute atomic E-state index is 0.526. The topological polar surface area (TPSA) is 80.5 Å². The van der Waals surface area contributed by atoms with Gasteiger partial charge in [0.15, 0.2) is 22.5 Å². The van der Waals surface area contributed by atoms with Gasteiger partial charge in [-0.15, -0.1) is 10.2 Å². The minimum Gasteiger partial charge on any atom is -0.494 e. The smallest absolute Gasteiger partial charge is 0.203 e. The van der Waals surface area contributed by atoms with Gasteiger partial charge in [-0.25, -0.2) is 0 Å². The molecule has 0 saturated heterocycles. The molecule has 0 unspecified atom stereocenters. The van der Waals surface area contributed by atoms with Crippen molar-refractivity contribution in [3.63, 3.8) is 0 Å². The maximum absolute atomic E-state index is 5.63. The van der Waals surface area contributed by atoms with E-state index < -0.39 is 0 Å². The van der Waals surface area contributed by atoms with Gasteiger partial charge >= 0.3 is 0 Å². The highest BCUT2D eigenvalue weighted by Crippen LogP contribution is 2.41. The van der Waals surface area contributed by atoms with E-state index in [1.54, 1.807) is 33.1 Å². The van der Waals surface area contributed by atoms with Gasteiger partial charge in [0.1, 0.15) is 5.75 Å².